The monoisotopic (exact) mass is 358 g/mol. The number of hydrogen-bond donors (Lipinski definition) is 1. The van der Waals surface area contributed by atoms with Crippen LogP contribution in [0.5, 0.6) is 0 Å². The van der Waals surface area contributed by atoms with Crippen molar-refractivity contribution in [3.05, 3.63) is 29.8 Å². The van der Waals surface area contributed by atoms with E-state index in [1.807, 2.05) is 11.8 Å². The van der Waals surface area contributed by atoms with E-state index in [4.69, 9.17) is 4.74 Å². The lowest BCUT2D eigenvalue weighted by molar-refractivity contribution is -0.129. The second-order valence-electron chi connectivity index (χ2n) is 7.09. The first-order valence-corrected chi connectivity index (χ1v) is 9.46. The quantitative estimate of drug-likeness (QED) is 0.793. The fourth-order valence-electron chi connectivity index (χ4n) is 3.69. The molecule has 6 heteroatoms. The van der Waals surface area contributed by atoms with Crippen LogP contribution in [0, 0.1) is 5.92 Å². The van der Waals surface area contributed by atoms with E-state index < -0.39 is 0 Å². The van der Waals surface area contributed by atoms with Crippen molar-refractivity contribution in [2.24, 2.45) is 5.92 Å². The molecule has 1 aliphatic heterocycles. The van der Waals surface area contributed by atoms with E-state index in [0.717, 1.165) is 19.3 Å². The Kier molecular flexibility index (Phi) is 5.91. The lowest BCUT2D eigenvalue weighted by atomic mass is 10.1. The summed E-state index contributed by atoms with van der Waals surface area (Å²) in [4.78, 5) is 38.4. The number of benzene rings is 1. The number of nitrogens with one attached hydrogen (secondary N) is 1. The first-order chi connectivity index (χ1) is 12.6. The zero-order valence-electron chi connectivity index (χ0n) is 15.2. The lowest BCUT2D eigenvalue weighted by Gasteiger charge is -2.23. The van der Waals surface area contributed by atoms with Crippen LogP contribution >= 0.6 is 0 Å². The number of carbonyl (C=O) groups is 3. The number of hydrogen-bond acceptors (Lipinski definition) is 4. The molecule has 0 radical (unpaired) electrons. The van der Waals surface area contributed by atoms with Crippen LogP contribution in [0.15, 0.2) is 24.3 Å². The van der Waals surface area contributed by atoms with Gasteiger partial charge in [-0.1, -0.05) is 19.8 Å². The zero-order chi connectivity index (χ0) is 18.5. The van der Waals surface area contributed by atoms with Crippen LogP contribution in [0.1, 0.15) is 55.8 Å². The van der Waals surface area contributed by atoms with Crippen LogP contribution in [-0.2, 0) is 14.3 Å². The zero-order valence-corrected chi connectivity index (χ0v) is 15.2. The Morgan fingerprint density at radius 3 is 2.54 bits per heavy atom. The van der Waals surface area contributed by atoms with E-state index in [2.05, 4.69) is 5.32 Å². The molecule has 0 unspecified atom stereocenters. The molecule has 1 atom stereocenters. The largest absolute Gasteiger partial charge is 0.462 e. The number of amides is 2. The molecule has 0 aromatic heterocycles. The Morgan fingerprint density at radius 1 is 1.19 bits per heavy atom. The SMILES string of the molecule is CCCOC(=O)c1ccc(NC(=O)[C@@H]2CC(=O)N(C3CCCC3)C2)cc1. The summed E-state index contributed by atoms with van der Waals surface area (Å²) >= 11 is 0. The van der Waals surface area contributed by atoms with Crippen LogP contribution in [0.25, 0.3) is 0 Å². The molecule has 0 bridgehead atoms. The molecule has 26 heavy (non-hydrogen) atoms. The number of nitrogens with zero attached hydrogens (tertiary/aromatic N) is 1. The minimum Gasteiger partial charge on any atom is -0.462 e. The maximum absolute atomic E-state index is 12.5. The molecule has 1 saturated carbocycles. The van der Waals surface area contributed by atoms with Gasteiger partial charge < -0.3 is 15.0 Å². The first kappa shape index (κ1) is 18.4. The molecule has 140 valence electrons. The van der Waals surface area contributed by atoms with Crippen molar-refractivity contribution in [2.45, 2.75) is 51.5 Å². The van der Waals surface area contributed by atoms with Gasteiger partial charge in [-0.15, -0.1) is 0 Å². The smallest absolute Gasteiger partial charge is 0.338 e. The number of ether oxygens (including phenoxy) is 1. The van der Waals surface area contributed by atoms with Crippen molar-refractivity contribution in [1.29, 1.82) is 0 Å². The van der Waals surface area contributed by atoms with E-state index in [9.17, 15) is 14.4 Å². The van der Waals surface area contributed by atoms with Gasteiger partial charge in [0.05, 0.1) is 18.1 Å². The van der Waals surface area contributed by atoms with Crippen LogP contribution in [0.3, 0.4) is 0 Å². The normalized spacial score (nSPS) is 20.4. The Hall–Kier alpha value is -2.37. The van der Waals surface area contributed by atoms with Crippen molar-refractivity contribution in [3.8, 4) is 0 Å². The van der Waals surface area contributed by atoms with Gasteiger partial charge in [0, 0.05) is 24.7 Å². The van der Waals surface area contributed by atoms with E-state index in [1.54, 1.807) is 24.3 Å². The third-order valence-electron chi connectivity index (χ3n) is 5.12. The molecular formula is C20H26N2O4. The second-order valence-corrected chi connectivity index (χ2v) is 7.09. The summed E-state index contributed by atoms with van der Waals surface area (Å²) in [5, 5.41) is 2.85. The summed E-state index contributed by atoms with van der Waals surface area (Å²) in [5.74, 6) is -0.721. The average Bonchev–Trinajstić information content (AvgIpc) is 3.29. The lowest BCUT2D eigenvalue weighted by Crippen LogP contribution is -2.35. The molecule has 1 aliphatic carbocycles. The third-order valence-corrected chi connectivity index (χ3v) is 5.12. The van der Waals surface area contributed by atoms with Crippen molar-refractivity contribution in [2.75, 3.05) is 18.5 Å². The first-order valence-electron chi connectivity index (χ1n) is 9.46. The maximum atomic E-state index is 12.5. The van der Waals surface area contributed by atoms with Gasteiger partial charge in [0.1, 0.15) is 0 Å². The molecule has 2 amide bonds. The summed E-state index contributed by atoms with van der Waals surface area (Å²) < 4.78 is 5.08. The second kappa shape index (κ2) is 8.34. The highest BCUT2D eigenvalue weighted by Gasteiger charge is 2.38. The molecule has 0 spiro atoms. The van der Waals surface area contributed by atoms with Crippen LogP contribution in [0.2, 0.25) is 0 Å². The molecule has 1 heterocycles. The molecule has 2 aliphatic rings. The minimum absolute atomic E-state index is 0.0890. The van der Waals surface area contributed by atoms with E-state index in [-0.39, 0.29) is 30.1 Å². The van der Waals surface area contributed by atoms with E-state index in [1.165, 1.54) is 12.8 Å². The average molecular weight is 358 g/mol. The van der Waals surface area contributed by atoms with Gasteiger partial charge >= 0.3 is 5.97 Å². The Morgan fingerprint density at radius 2 is 1.88 bits per heavy atom. The Balaban J connectivity index is 1.54. The third kappa shape index (κ3) is 4.23. The van der Waals surface area contributed by atoms with Crippen LogP contribution < -0.4 is 5.32 Å². The van der Waals surface area contributed by atoms with Crippen LogP contribution in [0.4, 0.5) is 5.69 Å². The molecule has 6 nitrogen and oxygen atoms in total. The Labute approximate surface area is 153 Å². The van der Waals surface area contributed by atoms with Gasteiger partial charge in [-0.05, 0) is 43.5 Å². The van der Waals surface area contributed by atoms with E-state index in [0.29, 0.717) is 30.4 Å². The molecule has 1 aromatic carbocycles. The van der Waals surface area contributed by atoms with Gasteiger partial charge in [-0.3, -0.25) is 9.59 Å². The van der Waals surface area contributed by atoms with Crippen molar-refractivity contribution >= 4 is 23.5 Å². The minimum atomic E-state index is -0.363. The summed E-state index contributed by atoms with van der Waals surface area (Å²) in [6.07, 6.45) is 5.49. The number of esters is 1. The van der Waals surface area contributed by atoms with Crippen molar-refractivity contribution in [3.63, 3.8) is 0 Å². The molecule has 3 rings (SSSR count). The predicted octanol–water partition coefficient (Wildman–Crippen LogP) is 2.98. The van der Waals surface area contributed by atoms with Gasteiger partial charge in [-0.25, -0.2) is 4.79 Å². The van der Waals surface area contributed by atoms with E-state index >= 15 is 0 Å². The van der Waals surface area contributed by atoms with Crippen molar-refractivity contribution in [1.82, 2.24) is 4.90 Å². The predicted molar refractivity (Wildman–Crippen MR) is 97.7 cm³/mol. The highest BCUT2D eigenvalue weighted by Crippen LogP contribution is 2.30. The number of rotatable bonds is 6. The van der Waals surface area contributed by atoms with Gasteiger partial charge in [0.2, 0.25) is 11.8 Å². The standard InChI is InChI=1S/C20H26N2O4/c1-2-11-26-20(25)14-7-9-16(10-8-14)21-19(24)15-12-18(23)22(13-15)17-5-3-4-6-17/h7-10,15,17H,2-6,11-13H2,1H3,(H,21,24)/t15-/m1/s1. The summed E-state index contributed by atoms with van der Waals surface area (Å²) in [7, 11) is 0. The molecular weight excluding hydrogens is 332 g/mol. The topological polar surface area (TPSA) is 75.7 Å². The fraction of sp³-hybridized carbons (Fsp3) is 0.550. The molecule has 1 aromatic rings. The Bertz CT molecular complexity index is 665. The number of carbonyl (C=O) groups excluding carboxylic acids is 3. The highest BCUT2D eigenvalue weighted by molar-refractivity contribution is 5.97. The maximum Gasteiger partial charge on any atom is 0.338 e. The fourth-order valence-corrected chi connectivity index (χ4v) is 3.69. The number of likely N-dealkylation sites (tertiary alicyclic amines) is 1. The summed E-state index contributed by atoms with van der Waals surface area (Å²) in [6.45, 7) is 2.84. The summed E-state index contributed by atoms with van der Waals surface area (Å²) in [5.41, 5.74) is 1.08. The summed E-state index contributed by atoms with van der Waals surface area (Å²) in [6, 6.07) is 6.96. The molecule has 1 saturated heterocycles. The molecule has 1 N–H and O–H groups in total. The van der Waals surface area contributed by atoms with Crippen molar-refractivity contribution < 1.29 is 19.1 Å². The van der Waals surface area contributed by atoms with Gasteiger partial charge in [0.15, 0.2) is 0 Å². The van der Waals surface area contributed by atoms with Gasteiger partial charge in [0.25, 0.3) is 0 Å². The highest BCUT2D eigenvalue weighted by atomic mass is 16.5. The molecule has 2 fully saturated rings. The van der Waals surface area contributed by atoms with Gasteiger partial charge in [-0.2, -0.15) is 0 Å². The van der Waals surface area contributed by atoms with Crippen LogP contribution in [-0.4, -0.2) is 41.9 Å². The number of anilines is 1.